The number of rotatable bonds is 4. The van der Waals surface area contributed by atoms with Crippen molar-refractivity contribution in [2.24, 2.45) is 11.7 Å². The maximum Gasteiger partial charge on any atom is 0.222 e. The molecule has 0 aliphatic carbocycles. The highest BCUT2D eigenvalue weighted by Gasteiger charge is 2.28. The standard InChI is InChI=1S/C14H26N2O2/c1-11(15)12-7-8-16(10-12)14(17)6-5-13-4-2-3-9-18-13/h11-13H,2-10,15H2,1H3. The zero-order chi connectivity index (χ0) is 13.0. The van der Waals surface area contributed by atoms with E-state index in [4.69, 9.17) is 10.5 Å². The number of amides is 1. The molecule has 4 heteroatoms. The van der Waals surface area contributed by atoms with Crippen LogP contribution in [0, 0.1) is 5.92 Å². The van der Waals surface area contributed by atoms with E-state index in [-0.39, 0.29) is 11.9 Å². The lowest BCUT2D eigenvalue weighted by molar-refractivity contribution is -0.131. The molecule has 0 aromatic carbocycles. The second-order valence-electron chi connectivity index (χ2n) is 5.77. The molecule has 2 aliphatic rings. The summed E-state index contributed by atoms with van der Waals surface area (Å²) in [4.78, 5) is 14.1. The first-order chi connectivity index (χ1) is 8.66. The van der Waals surface area contributed by atoms with Crippen LogP contribution in [0.2, 0.25) is 0 Å². The highest BCUT2D eigenvalue weighted by molar-refractivity contribution is 5.76. The van der Waals surface area contributed by atoms with E-state index in [2.05, 4.69) is 0 Å². The van der Waals surface area contributed by atoms with Crippen LogP contribution in [0.3, 0.4) is 0 Å². The summed E-state index contributed by atoms with van der Waals surface area (Å²) in [5.41, 5.74) is 5.89. The lowest BCUT2D eigenvalue weighted by atomic mass is 10.0. The molecule has 18 heavy (non-hydrogen) atoms. The first kappa shape index (κ1) is 13.8. The molecular weight excluding hydrogens is 228 g/mol. The topological polar surface area (TPSA) is 55.6 Å². The highest BCUT2D eigenvalue weighted by atomic mass is 16.5. The Morgan fingerprint density at radius 3 is 2.89 bits per heavy atom. The molecule has 2 N–H and O–H groups in total. The summed E-state index contributed by atoms with van der Waals surface area (Å²) in [6, 6.07) is 0.199. The first-order valence-corrected chi connectivity index (χ1v) is 7.32. The van der Waals surface area contributed by atoms with E-state index in [1.165, 1.54) is 12.8 Å². The molecule has 3 atom stereocenters. The summed E-state index contributed by atoms with van der Waals surface area (Å²) in [7, 11) is 0. The van der Waals surface area contributed by atoms with Crippen molar-refractivity contribution >= 4 is 5.91 Å². The Morgan fingerprint density at radius 2 is 2.28 bits per heavy atom. The minimum absolute atomic E-state index is 0.199. The number of ether oxygens (including phenoxy) is 1. The van der Waals surface area contributed by atoms with Gasteiger partial charge >= 0.3 is 0 Å². The molecule has 1 amide bonds. The van der Waals surface area contributed by atoms with Crippen molar-refractivity contribution in [3.63, 3.8) is 0 Å². The van der Waals surface area contributed by atoms with Gasteiger partial charge in [0.1, 0.15) is 0 Å². The van der Waals surface area contributed by atoms with Gasteiger partial charge in [-0.25, -0.2) is 0 Å². The zero-order valence-corrected chi connectivity index (χ0v) is 11.4. The molecule has 2 rings (SSSR count). The number of carbonyl (C=O) groups is 1. The Kier molecular flexibility index (Phi) is 5.01. The van der Waals surface area contributed by atoms with Gasteiger partial charge < -0.3 is 15.4 Å². The fourth-order valence-electron chi connectivity index (χ4n) is 2.92. The number of hydrogen-bond donors (Lipinski definition) is 1. The third-order valence-corrected chi connectivity index (χ3v) is 4.28. The summed E-state index contributed by atoms with van der Waals surface area (Å²) in [6.07, 6.45) is 6.43. The number of nitrogens with zero attached hydrogens (tertiary/aromatic N) is 1. The fraction of sp³-hybridized carbons (Fsp3) is 0.929. The molecule has 0 bridgehead atoms. The molecule has 0 aromatic heterocycles. The molecule has 3 unspecified atom stereocenters. The summed E-state index contributed by atoms with van der Waals surface area (Å²) in [5, 5.41) is 0. The molecule has 4 nitrogen and oxygen atoms in total. The molecule has 0 aromatic rings. The van der Waals surface area contributed by atoms with Gasteiger partial charge in [-0.15, -0.1) is 0 Å². The first-order valence-electron chi connectivity index (χ1n) is 7.32. The van der Waals surface area contributed by atoms with Crippen LogP contribution in [0.1, 0.15) is 45.4 Å². The van der Waals surface area contributed by atoms with Gasteiger partial charge in [0, 0.05) is 32.2 Å². The third kappa shape index (κ3) is 3.69. The summed E-state index contributed by atoms with van der Waals surface area (Å²) in [5.74, 6) is 0.771. The van der Waals surface area contributed by atoms with Crippen LogP contribution in [-0.4, -0.2) is 42.6 Å². The summed E-state index contributed by atoms with van der Waals surface area (Å²) >= 11 is 0. The molecule has 0 spiro atoms. The SMILES string of the molecule is CC(N)C1CCN(C(=O)CCC2CCCCO2)C1. The molecule has 2 fully saturated rings. The minimum atomic E-state index is 0.199. The van der Waals surface area contributed by atoms with Crippen LogP contribution in [-0.2, 0) is 9.53 Å². The number of hydrogen-bond acceptors (Lipinski definition) is 3. The smallest absolute Gasteiger partial charge is 0.222 e. The van der Waals surface area contributed by atoms with Crippen molar-refractivity contribution in [2.45, 2.75) is 57.6 Å². The second kappa shape index (κ2) is 6.53. The predicted molar refractivity (Wildman–Crippen MR) is 71.2 cm³/mol. The van der Waals surface area contributed by atoms with E-state index in [9.17, 15) is 4.79 Å². The van der Waals surface area contributed by atoms with E-state index >= 15 is 0 Å². The van der Waals surface area contributed by atoms with Gasteiger partial charge in [-0.2, -0.15) is 0 Å². The molecule has 2 aliphatic heterocycles. The van der Waals surface area contributed by atoms with Gasteiger partial charge in [-0.05, 0) is 44.9 Å². The lowest BCUT2D eigenvalue weighted by Gasteiger charge is -2.23. The predicted octanol–water partition coefficient (Wildman–Crippen LogP) is 1.53. The molecule has 2 heterocycles. The van der Waals surface area contributed by atoms with Gasteiger partial charge in [-0.3, -0.25) is 4.79 Å². The molecule has 2 saturated heterocycles. The summed E-state index contributed by atoms with van der Waals surface area (Å²) < 4.78 is 5.66. The Balaban J connectivity index is 1.68. The lowest BCUT2D eigenvalue weighted by Crippen LogP contribution is -2.33. The number of likely N-dealkylation sites (tertiary alicyclic amines) is 1. The van der Waals surface area contributed by atoms with E-state index in [1.54, 1.807) is 0 Å². The van der Waals surface area contributed by atoms with Crippen molar-refractivity contribution in [2.75, 3.05) is 19.7 Å². The highest BCUT2D eigenvalue weighted by Crippen LogP contribution is 2.21. The summed E-state index contributed by atoms with van der Waals surface area (Å²) in [6.45, 7) is 4.64. The maximum absolute atomic E-state index is 12.1. The molecule has 104 valence electrons. The third-order valence-electron chi connectivity index (χ3n) is 4.28. The largest absolute Gasteiger partial charge is 0.378 e. The van der Waals surface area contributed by atoms with Gasteiger partial charge in [-0.1, -0.05) is 0 Å². The van der Waals surface area contributed by atoms with Gasteiger partial charge in [0.15, 0.2) is 0 Å². The second-order valence-corrected chi connectivity index (χ2v) is 5.77. The Morgan fingerprint density at radius 1 is 1.44 bits per heavy atom. The Hall–Kier alpha value is -0.610. The van der Waals surface area contributed by atoms with E-state index in [0.29, 0.717) is 18.4 Å². The quantitative estimate of drug-likeness (QED) is 0.828. The van der Waals surface area contributed by atoms with Gasteiger partial charge in [0.25, 0.3) is 0 Å². The van der Waals surface area contributed by atoms with Crippen molar-refractivity contribution in [1.29, 1.82) is 0 Å². The van der Waals surface area contributed by atoms with Crippen molar-refractivity contribution in [1.82, 2.24) is 4.90 Å². The van der Waals surface area contributed by atoms with Crippen LogP contribution < -0.4 is 5.73 Å². The van der Waals surface area contributed by atoms with E-state index < -0.39 is 0 Å². The van der Waals surface area contributed by atoms with Crippen LogP contribution in [0.25, 0.3) is 0 Å². The van der Waals surface area contributed by atoms with Crippen LogP contribution in [0.15, 0.2) is 0 Å². The normalized spacial score (nSPS) is 30.4. The molecule has 0 saturated carbocycles. The average Bonchev–Trinajstić information content (AvgIpc) is 2.87. The van der Waals surface area contributed by atoms with Crippen molar-refractivity contribution < 1.29 is 9.53 Å². The van der Waals surface area contributed by atoms with Crippen LogP contribution >= 0.6 is 0 Å². The average molecular weight is 254 g/mol. The van der Waals surface area contributed by atoms with Gasteiger partial charge in [0.05, 0.1) is 6.10 Å². The number of carbonyl (C=O) groups excluding carboxylic acids is 1. The van der Waals surface area contributed by atoms with E-state index in [1.807, 2.05) is 11.8 Å². The Labute approximate surface area is 110 Å². The van der Waals surface area contributed by atoms with Crippen LogP contribution in [0.4, 0.5) is 0 Å². The zero-order valence-electron chi connectivity index (χ0n) is 11.4. The number of nitrogens with two attached hydrogens (primary N) is 1. The van der Waals surface area contributed by atoms with Crippen molar-refractivity contribution in [3.8, 4) is 0 Å². The Bertz CT molecular complexity index is 275. The van der Waals surface area contributed by atoms with Crippen molar-refractivity contribution in [3.05, 3.63) is 0 Å². The van der Waals surface area contributed by atoms with Gasteiger partial charge in [0.2, 0.25) is 5.91 Å². The van der Waals surface area contributed by atoms with Crippen LogP contribution in [0.5, 0.6) is 0 Å². The molecule has 0 radical (unpaired) electrons. The fourth-order valence-corrected chi connectivity index (χ4v) is 2.92. The maximum atomic E-state index is 12.1. The monoisotopic (exact) mass is 254 g/mol. The van der Waals surface area contributed by atoms with E-state index in [0.717, 1.165) is 39.0 Å². The minimum Gasteiger partial charge on any atom is -0.378 e. The molecular formula is C14H26N2O2.